The maximum absolute atomic E-state index is 12.6. The molecule has 0 saturated carbocycles. The quantitative estimate of drug-likeness (QED) is 0.521. The van der Waals surface area contributed by atoms with Crippen molar-refractivity contribution < 1.29 is 13.2 Å². The Morgan fingerprint density at radius 3 is 2.43 bits per heavy atom. The standard InChI is InChI=1S/C19H13F3N6/c20-19(21,22)13-6-8-14(9-7-13)25-18-27-16(11-24-28-18)26-15-5-1-3-12-4-2-10-23-17(12)15/h1-11H,(H2,25,26,27,28). The highest BCUT2D eigenvalue weighted by molar-refractivity contribution is 5.91. The van der Waals surface area contributed by atoms with Gasteiger partial charge in [-0.25, -0.2) is 0 Å². The summed E-state index contributed by atoms with van der Waals surface area (Å²) in [4.78, 5) is 8.66. The normalized spacial score (nSPS) is 11.4. The van der Waals surface area contributed by atoms with Gasteiger partial charge in [0.2, 0.25) is 5.95 Å². The molecule has 0 saturated heterocycles. The fourth-order valence-electron chi connectivity index (χ4n) is 2.63. The first-order valence-electron chi connectivity index (χ1n) is 8.24. The molecular formula is C19H13F3N6. The number of hydrogen-bond acceptors (Lipinski definition) is 6. The second-order valence-electron chi connectivity index (χ2n) is 5.87. The van der Waals surface area contributed by atoms with E-state index in [0.29, 0.717) is 11.5 Å². The molecule has 140 valence electrons. The van der Waals surface area contributed by atoms with Crippen LogP contribution in [-0.2, 0) is 6.18 Å². The van der Waals surface area contributed by atoms with Crippen molar-refractivity contribution in [3.05, 3.63) is 72.6 Å². The van der Waals surface area contributed by atoms with Crippen LogP contribution in [0.5, 0.6) is 0 Å². The van der Waals surface area contributed by atoms with Gasteiger partial charge in [0.15, 0.2) is 5.82 Å². The van der Waals surface area contributed by atoms with Gasteiger partial charge in [-0.05, 0) is 36.4 Å². The molecule has 0 radical (unpaired) electrons. The predicted octanol–water partition coefficient (Wildman–Crippen LogP) is 4.93. The van der Waals surface area contributed by atoms with E-state index in [1.807, 2.05) is 30.3 Å². The molecular weight excluding hydrogens is 369 g/mol. The summed E-state index contributed by atoms with van der Waals surface area (Å²) in [6.07, 6.45) is -1.24. The van der Waals surface area contributed by atoms with Gasteiger partial charge < -0.3 is 10.6 Å². The Labute approximate surface area is 157 Å². The molecule has 28 heavy (non-hydrogen) atoms. The van der Waals surface area contributed by atoms with Crippen LogP contribution < -0.4 is 10.6 Å². The van der Waals surface area contributed by atoms with E-state index in [4.69, 9.17) is 0 Å². The van der Waals surface area contributed by atoms with Crippen LogP contribution in [0.4, 0.5) is 36.3 Å². The molecule has 0 aliphatic carbocycles. The van der Waals surface area contributed by atoms with Gasteiger partial charge in [-0.1, -0.05) is 18.2 Å². The Morgan fingerprint density at radius 1 is 0.857 bits per heavy atom. The number of pyridine rings is 1. The molecule has 0 amide bonds. The number of aromatic nitrogens is 4. The smallest absolute Gasteiger partial charge is 0.337 e. The molecule has 2 aromatic carbocycles. The summed E-state index contributed by atoms with van der Waals surface area (Å²) in [6.45, 7) is 0. The van der Waals surface area contributed by atoms with Crippen molar-refractivity contribution in [2.45, 2.75) is 6.18 Å². The first kappa shape index (κ1) is 17.7. The molecule has 2 N–H and O–H groups in total. The topological polar surface area (TPSA) is 75.6 Å². The van der Waals surface area contributed by atoms with E-state index in [1.165, 1.54) is 18.3 Å². The van der Waals surface area contributed by atoms with Gasteiger partial charge in [0.25, 0.3) is 0 Å². The van der Waals surface area contributed by atoms with Crippen LogP contribution in [0.25, 0.3) is 10.9 Å². The third kappa shape index (κ3) is 3.83. The van der Waals surface area contributed by atoms with Crippen LogP contribution in [0.2, 0.25) is 0 Å². The Kier molecular flexibility index (Phi) is 4.48. The summed E-state index contributed by atoms with van der Waals surface area (Å²) in [5, 5.41) is 14.7. The molecule has 9 heteroatoms. The molecule has 2 heterocycles. The van der Waals surface area contributed by atoms with Gasteiger partial charge >= 0.3 is 6.18 Å². The van der Waals surface area contributed by atoms with E-state index < -0.39 is 11.7 Å². The lowest BCUT2D eigenvalue weighted by atomic mass is 10.2. The maximum Gasteiger partial charge on any atom is 0.416 e. The molecule has 4 aromatic rings. The van der Waals surface area contributed by atoms with Crippen molar-refractivity contribution in [2.24, 2.45) is 0 Å². The number of nitrogens with zero attached hydrogens (tertiary/aromatic N) is 4. The summed E-state index contributed by atoms with van der Waals surface area (Å²) >= 11 is 0. The molecule has 0 unspecified atom stereocenters. The Hall–Kier alpha value is -3.75. The van der Waals surface area contributed by atoms with E-state index in [-0.39, 0.29) is 5.95 Å². The number of nitrogens with one attached hydrogen (secondary N) is 2. The highest BCUT2D eigenvalue weighted by Crippen LogP contribution is 2.30. The largest absolute Gasteiger partial charge is 0.416 e. The number of para-hydroxylation sites is 1. The van der Waals surface area contributed by atoms with Crippen LogP contribution in [0.15, 0.2) is 67.0 Å². The Balaban J connectivity index is 1.55. The van der Waals surface area contributed by atoms with Crippen molar-refractivity contribution in [1.82, 2.24) is 20.2 Å². The van der Waals surface area contributed by atoms with E-state index >= 15 is 0 Å². The minimum Gasteiger partial charge on any atom is -0.337 e. The highest BCUT2D eigenvalue weighted by Gasteiger charge is 2.29. The highest BCUT2D eigenvalue weighted by atomic mass is 19.4. The van der Waals surface area contributed by atoms with Crippen LogP contribution in [0, 0.1) is 0 Å². The van der Waals surface area contributed by atoms with Crippen LogP contribution in [-0.4, -0.2) is 20.2 Å². The van der Waals surface area contributed by atoms with Crippen molar-refractivity contribution >= 4 is 34.0 Å². The minimum absolute atomic E-state index is 0.151. The number of anilines is 4. The average Bonchev–Trinajstić information content (AvgIpc) is 2.68. The lowest BCUT2D eigenvalue weighted by Gasteiger charge is -2.10. The van der Waals surface area contributed by atoms with Gasteiger partial charge in [0.05, 0.1) is 23.0 Å². The summed E-state index contributed by atoms with van der Waals surface area (Å²) in [6, 6.07) is 14.1. The Morgan fingerprint density at radius 2 is 1.64 bits per heavy atom. The molecule has 0 spiro atoms. The predicted molar refractivity (Wildman–Crippen MR) is 99.6 cm³/mol. The van der Waals surface area contributed by atoms with Crippen molar-refractivity contribution in [3.8, 4) is 0 Å². The van der Waals surface area contributed by atoms with E-state index in [9.17, 15) is 13.2 Å². The van der Waals surface area contributed by atoms with E-state index in [2.05, 4.69) is 30.8 Å². The van der Waals surface area contributed by atoms with Crippen molar-refractivity contribution in [2.75, 3.05) is 10.6 Å². The van der Waals surface area contributed by atoms with Gasteiger partial charge in [0, 0.05) is 17.3 Å². The van der Waals surface area contributed by atoms with E-state index in [0.717, 1.165) is 28.7 Å². The molecule has 0 aliphatic rings. The number of alkyl halides is 3. The number of halogens is 3. The molecule has 6 nitrogen and oxygen atoms in total. The number of fused-ring (bicyclic) bond motifs is 1. The van der Waals surface area contributed by atoms with Crippen LogP contribution in [0.1, 0.15) is 5.56 Å². The summed E-state index contributed by atoms with van der Waals surface area (Å²) < 4.78 is 37.9. The van der Waals surface area contributed by atoms with Gasteiger partial charge in [0.1, 0.15) is 0 Å². The lowest BCUT2D eigenvalue weighted by Crippen LogP contribution is -2.05. The second kappa shape index (κ2) is 7.10. The number of rotatable bonds is 4. The third-order valence-electron chi connectivity index (χ3n) is 3.92. The monoisotopic (exact) mass is 382 g/mol. The zero-order valence-corrected chi connectivity index (χ0v) is 14.3. The number of benzene rings is 2. The first-order chi connectivity index (χ1) is 13.5. The Bertz CT molecular complexity index is 1110. The lowest BCUT2D eigenvalue weighted by molar-refractivity contribution is -0.137. The first-order valence-corrected chi connectivity index (χ1v) is 8.24. The van der Waals surface area contributed by atoms with Gasteiger partial charge in [-0.3, -0.25) is 4.98 Å². The SMILES string of the molecule is FC(F)(F)c1ccc(Nc2nncc(Nc3cccc4cccnc34)n2)cc1. The van der Waals surface area contributed by atoms with Crippen molar-refractivity contribution in [1.29, 1.82) is 0 Å². The summed E-state index contributed by atoms with van der Waals surface area (Å²) in [7, 11) is 0. The molecule has 4 rings (SSSR count). The van der Waals surface area contributed by atoms with Crippen LogP contribution in [0.3, 0.4) is 0 Å². The number of hydrogen-bond donors (Lipinski definition) is 2. The minimum atomic E-state index is -4.38. The molecule has 0 aliphatic heterocycles. The van der Waals surface area contributed by atoms with Gasteiger partial charge in [-0.15, -0.1) is 5.10 Å². The van der Waals surface area contributed by atoms with Crippen LogP contribution >= 0.6 is 0 Å². The second-order valence-corrected chi connectivity index (χ2v) is 5.87. The van der Waals surface area contributed by atoms with E-state index in [1.54, 1.807) is 6.20 Å². The van der Waals surface area contributed by atoms with Crippen molar-refractivity contribution in [3.63, 3.8) is 0 Å². The summed E-state index contributed by atoms with van der Waals surface area (Å²) in [5.74, 6) is 0.570. The maximum atomic E-state index is 12.6. The molecule has 0 fully saturated rings. The molecule has 0 bridgehead atoms. The average molecular weight is 382 g/mol. The molecule has 0 atom stereocenters. The third-order valence-corrected chi connectivity index (χ3v) is 3.92. The molecule has 2 aromatic heterocycles. The zero-order chi connectivity index (χ0) is 19.6. The fourth-order valence-corrected chi connectivity index (χ4v) is 2.63. The zero-order valence-electron chi connectivity index (χ0n) is 14.3. The fraction of sp³-hybridized carbons (Fsp3) is 0.0526. The van der Waals surface area contributed by atoms with Gasteiger partial charge in [-0.2, -0.15) is 23.3 Å². The summed E-state index contributed by atoms with van der Waals surface area (Å²) in [5.41, 5.74) is 1.22.